The van der Waals surface area contributed by atoms with Gasteiger partial charge in [0.15, 0.2) is 0 Å². The van der Waals surface area contributed by atoms with Gasteiger partial charge in [0.25, 0.3) is 0 Å². The first-order valence-electron chi connectivity index (χ1n) is 17.2. The first-order chi connectivity index (χ1) is 20.4. The lowest BCUT2D eigenvalue weighted by Gasteiger charge is -2.32. The summed E-state index contributed by atoms with van der Waals surface area (Å²) in [5.74, 6) is 0.493. The lowest BCUT2D eigenvalue weighted by Crippen LogP contribution is -2.44. The van der Waals surface area contributed by atoms with Crippen LogP contribution in [0.15, 0.2) is 67.0 Å². The van der Waals surface area contributed by atoms with Gasteiger partial charge in [0.2, 0.25) is 5.91 Å². The van der Waals surface area contributed by atoms with Crippen LogP contribution in [0.2, 0.25) is 0 Å². The zero-order chi connectivity index (χ0) is 33.3. The van der Waals surface area contributed by atoms with Gasteiger partial charge in [-0.2, -0.15) is 0 Å². The predicted molar refractivity (Wildman–Crippen MR) is 193 cm³/mol. The molecule has 2 rings (SSSR count). The zero-order valence-electron chi connectivity index (χ0n) is 30.2. The Labute approximate surface area is 268 Å². The number of nitrogens with one attached hydrogen (secondary N) is 2. The molecule has 2 atom stereocenters. The maximum atomic E-state index is 12.8. The smallest absolute Gasteiger partial charge is 0.243 e. The number of unbranched alkanes of at least 4 members (excludes halogenated alkanes) is 1. The van der Waals surface area contributed by atoms with Crippen LogP contribution >= 0.6 is 0 Å². The molecule has 0 saturated carbocycles. The molecule has 0 radical (unpaired) electrons. The third-order valence-corrected chi connectivity index (χ3v) is 7.56. The van der Waals surface area contributed by atoms with E-state index in [1.54, 1.807) is 0 Å². The number of hydrogen-bond donors (Lipinski definition) is 2. The van der Waals surface area contributed by atoms with E-state index in [0.29, 0.717) is 24.4 Å². The van der Waals surface area contributed by atoms with Crippen molar-refractivity contribution < 1.29 is 4.79 Å². The molecule has 1 fully saturated rings. The van der Waals surface area contributed by atoms with E-state index in [1.165, 1.54) is 44.1 Å². The van der Waals surface area contributed by atoms with E-state index < -0.39 is 0 Å². The van der Waals surface area contributed by atoms with Crippen LogP contribution in [0.3, 0.4) is 0 Å². The van der Waals surface area contributed by atoms with Crippen molar-refractivity contribution in [3.8, 4) is 0 Å². The molecule has 4 heteroatoms. The molecule has 248 valence electrons. The molecule has 0 aromatic heterocycles. The van der Waals surface area contributed by atoms with Gasteiger partial charge in [-0.3, -0.25) is 4.79 Å². The molecule has 1 amide bonds. The summed E-state index contributed by atoms with van der Waals surface area (Å²) < 4.78 is 0. The maximum absolute atomic E-state index is 12.8. The lowest BCUT2D eigenvalue weighted by atomic mass is 9.81. The molecule has 1 heterocycles. The van der Waals surface area contributed by atoms with Crippen LogP contribution in [-0.2, 0) is 11.2 Å². The van der Waals surface area contributed by atoms with E-state index >= 15 is 0 Å². The number of nitrogens with zero attached hydrogens (tertiary/aromatic N) is 1. The van der Waals surface area contributed by atoms with Crippen LogP contribution in [0.25, 0.3) is 0 Å². The molecule has 1 aromatic carbocycles. The molecule has 1 saturated heterocycles. The average molecular weight is 598 g/mol. The number of amides is 1. The van der Waals surface area contributed by atoms with E-state index in [-0.39, 0.29) is 11.9 Å². The summed E-state index contributed by atoms with van der Waals surface area (Å²) in [6, 6.07) is 10.4. The second-order valence-corrected chi connectivity index (χ2v) is 12.6. The molecule has 2 N–H and O–H groups in total. The average Bonchev–Trinajstić information content (AvgIpc) is 3.49. The molecule has 0 spiro atoms. The molecular weight excluding hydrogens is 526 g/mol. The summed E-state index contributed by atoms with van der Waals surface area (Å²) in [5.41, 5.74) is 4.82. The van der Waals surface area contributed by atoms with Gasteiger partial charge in [-0.15, -0.1) is 0 Å². The highest BCUT2D eigenvalue weighted by Crippen LogP contribution is 2.33. The van der Waals surface area contributed by atoms with Gasteiger partial charge >= 0.3 is 0 Å². The standard InChI is InChI=1S/C26H47N3O.C8H10.C3H8.C2H6/c1-9-10-15-26(7,8)16-11-13-21(4)23(6)29-17-12-14-24(29)25(30)28-19-22(5)27-18-20(2)3;1-2-8-6-4-3-5-7-8;1-3-2;1-2/h21,24,27H,2,5-6,9-19H2,1,3-4,7-8H3,(H,28,30);3-7H,2H2,1H3;3H2,1-2H3;1-2H3/t21-,24+;;;/m1.../s1. The summed E-state index contributed by atoms with van der Waals surface area (Å²) in [6.45, 7) is 36.0. The molecule has 0 bridgehead atoms. The molecule has 1 aliphatic rings. The van der Waals surface area contributed by atoms with Gasteiger partial charge in [0, 0.05) is 24.5 Å². The molecule has 0 unspecified atom stereocenters. The molecule has 0 aliphatic carbocycles. The van der Waals surface area contributed by atoms with Crippen molar-refractivity contribution in [1.82, 2.24) is 15.5 Å². The third kappa shape index (κ3) is 21.0. The van der Waals surface area contributed by atoms with Crippen LogP contribution < -0.4 is 10.6 Å². The molecule has 1 aromatic rings. The van der Waals surface area contributed by atoms with Crippen LogP contribution in [0.4, 0.5) is 0 Å². The highest BCUT2D eigenvalue weighted by molar-refractivity contribution is 5.82. The Balaban J connectivity index is 0. The van der Waals surface area contributed by atoms with Gasteiger partial charge in [-0.25, -0.2) is 0 Å². The van der Waals surface area contributed by atoms with Crippen molar-refractivity contribution in [3.05, 3.63) is 72.6 Å². The highest BCUT2D eigenvalue weighted by Gasteiger charge is 2.32. The van der Waals surface area contributed by atoms with E-state index in [0.717, 1.165) is 49.2 Å². The normalized spacial score (nSPS) is 14.5. The minimum absolute atomic E-state index is 0.0832. The first kappa shape index (κ1) is 42.6. The zero-order valence-corrected chi connectivity index (χ0v) is 30.2. The second-order valence-electron chi connectivity index (χ2n) is 12.6. The van der Waals surface area contributed by atoms with Crippen LogP contribution in [0.5, 0.6) is 0 Å². The van der Waals surface area contributed by atoms with Crippen molar-refractivity contribution in [2.24, 2.45) is 11.3 Å². The van der Waals surface area contributed by atoms with Crippen LogP contribution in [0.1, 0.15) is 133 Å². The fraction of sp³-hybridized carbons (Fsp3) is 0.667. The Morgan fingerprint density at radius 2 is 1.56 bits per heavy atom. The number of rotatable bonds is 16. The predicted octanol–water partition coefficient (Wildman–Crippen LogP) is 10.5. The lowest BCUT2D eigenvalue weighted by molar-refractivity contribution is -0.124. The Kier molecular flexibility index (Phi) is 25.7. The summed E-state index contributed by atoms with van der Waals surface area (Å²) in [5, 5.41) is 6.23. The Bertz CT molecular complexity index is 874. The number of carbonyl (C=O) groups excluding carboxylic acids is 1. The fourth-order valence-corrected chi connectivity index (χ4v) is 4.86. The van der Waals surface area contributed by atoms with Crippen molar-refractivity contribution in [1.29, 1.82) is 0 Å². The fourth-order valence-electron chi connectivity index (χ4n) is 4.86. The van der Waals surface area contributed by atoms with E-state index in [2.05, 4.69) is 108 Å². The molecular formula is C39H71N3O. The van der Waals surface area contributed by atoms with Crippen molar-refractivity contribution in [2.45, 2.75) is 139 Å². The van der Waals surface area contributed by atoms with Crippen LogP contribution in [0, 0.1) is 11.3 Å². The highest BCUT2D eigenvalue weighted by atomic mass is 16.2. The van der Waals surface area contributed by atoms with Crippen molar-refractivity contribution in [3.63, 3.8) is 0 Å². The van der Waals surface area contributed by atoms with Crippen molar-refractivity contribution >= 4 is 5.91 Å². The van der Waals surface area contributed by atoms with E-state index in [1.807, 2.05) is 26.8 Å². The number of allylic oxidation sites excluding steroid dienone is 1. The topological polar surface area (TPSA) is 44.4 Å². The van der Waals surface area contributed by atoms with E-state index in [4.69, 9.17) is 0 Å². The number of benzene rings is 1. The van der Waals surface area contributed by atoms with Crippen LogP contribution in [-0.4, -0.2) is 36.5 Å². The second kappa shape index (κ2) is 26.0. The van der Waals surface area contributed by atoms with Gasteiger partial charge in [-0.1, -0.05) is 144 Å². The van der Waals surface area contributed by atoms with Gasteiger partial charge in [0.1, 0.15) is 6.04 Å². The Morgan fingerprint density at radius 3 is 2.07 bits per heavy atom. The largest absolute Gasteiger partial charge is 0.384 e. The number of likely N-dealkylation sites (tertiary alicyclic amines) is 1. The SMILES string of the molecule is C=C(C)CNC(=C)CNC(=O)[C@@H]1CCCN1C(=C)[C@H](C)CCCC(C)(C)CCCC.CC.CCC.CCc1ccccc1. The number of carbonyl (C=O) groups is 1. The Hall–Kier alpha value is -2.49. The van der Waals surface area contributed by atoms with Gasteiger partial charge in [0.05, 0.1) is 6.54 Å². The minimum Gasteiger partial charge on any atom is -0.384 e. The summed E-state index contributed by atoms with van der Waals surface area (Å²) in [4.78, 5) is 15.0. The summed E-state index contributed by atoms with van der Waals surface area (Å²) in [6.07, 6.45) is 11.8. The quantitative estimate of drug-likeness (QED) is 0.186. The molecule has 43 heavy (non-hydrogen) atoms. The summed E-state index contributed by atoms with van der Waals surface area (Å²) >= 11 is 0. The minimum atomic E-state index is -0.102. The maximum Gasteiger partial charge on any atom is 0.243 e. The Morgan fingerprint density at radius 1 is 0.977 bits per heavy atom. The summed E-state index contributed by atoms with van der Waals surface area (Å²) in [7, 11) is 0. The van der Waals surface area contributed by atoms with Gasteiger partial charge < -0.3 is 15.5 Å². The molecule has 4 nitrogen and oxygen atoms in total. The van der Waals surface area contributed by atoms with Gasteiger partial charge in [-0.05, 0) is 62.3 Å². The molecule has 1 aliphatic heterocycles. The van der Waals surface area contributed by atoms with E-state index in [9.17, 15) is 4.79 Å². The first-order valence-corrected chi connectivity index (χ1v) is 17.2. The third-order valence-electron chi connectivity index (χ3n) is 7.56. The monoisotopic (exact) mass is 598 g/mol. The number of hydrogen-bond acceptors (Lipinski definition) is 3. The van der Waals surface area contributed by atoms with Crippen molar-refractivity contribution in [2.75, 3.05) is 19.6 Å². The number of aryl methyl sites for hydroxylation is 1.